The van der Waals surface area contributed by atoms with Gasteiger partial charge in [0.05, 0.1) is 12.7 Å². The minimum atomic E-state index is 0.158. The number of pyridine rings is 1. The molecule has 4 rings (SSSR count). The second kappa shape index (κ2) is 6.63. The molecule has 0 amide bonds. The summed E-state index contributed by atoms with van der Waals surface area (Å²) in [7, 11) is 0. The number of aliphatic hydroxyl groups excluding tert-OH is 1. The first kappa shape index (κ1) is 15.7. The van der Waals surface area contributed by atoms with Gasteiger partial charge in [0.2, 0.25) is 0 Å². The maximum Gasteiger partial charge on any atom is 0.158 e. The fourth-order valence-corrected chi connectivity index (χ4v) is 3.91. The van der Waals surface area contributed by atoms with Crippen LogP contribution in [0.3, 0.4) is 0 Å². The highest BCUT2D eigenvalue weighted by Gasteiger charge is 2.38. The van der Waals surface area contributed by atoms with Gasteiger partial charge in [0, 0.05) is 49.9 Å². The Morgan fingerprint density at radius 1 is 1.29 bits per heavy atom. The van der Waals surface area contributed by atoms with Gasteiger partial charge in [0.15, 0.2) is 5.82 Å². The number of hydrogen-bond donors (Lipinski definition) is 1. The third-order valence-electron chi connectivity index (χ3n) is 5.10. The van der Waals surface area contributed by atoms with E-state index in [4.69, 9.17) is 9.84 Å². The molecule has 2 saturated heterocycles. The Bertz CT molecular complexity index is 702. The lowest BCUT2D eigenvalue weighted by molar-refractivity contribution is -0.0567. The third kappa shape index (κ3) is 2.97. The standard InChI is InChI=1S/C18H24N4O2/c1-13-3-2-4-17(20-13)18-19-6-7-22(18)14-9-15-12-24-16(5-8-23)11-21(15)10-14/h2-4,6-7,14-16,23H,5,8-12H2,1H3/t14-,15+,16+/m1/s1. The minimum Gasteiger partial charge on any atom is -0.396 e. The molecule has 0 spiro atoms. The molecule has 2 fully saturated rings. The van der Waals surface area contributed by atoms with Crippen LogP contribution < -0.4 is 0 Å². The van der Waals surface area contributed by atoms with Crippen LogP contribution in [-0.2, 0) is 4.74 Å². The lowest BCUT2D eigenvalue weighted by Gasteiger charge is -2.34. The van der Waals surface area contributed by atoms with Crippen molar-refractivity contribution in [2.45, 2.75) is 38.0 Å². The van der Waals surface area contributed by atoms with E-state index in [1.54, 1.807) is 0 Å². The number of morpholine rings is 1. The Hall–Kier alpha value is -1.76. The van der Waals surface area contributed by atoms with Gasteiger partial charge in [-0.2, -0.15) is 0 Å². The second-order valence-corrected chi connectivity index (χ2v) is 6.79. The summed E-state index contributed by atoms with van der Waals surface area (Å²) < 4.78 is 8.15. The van der Waals surface area contributed by atoms with Crippen LogP contribution in [0.5, 0.6) is 0 Å². The molecule has 6 heteroatoms. The number of ether oxygens (including phenoxy) is 1. The molecule has 128 valence electrons. The summed E-state index contributed by atoms with van der Waals surface area (Å²) in [6, 6.07) is 6.92. The molecule has 0 saturated carbocycles. The SMILES string of the molecule is Cc1cccc(-c2nccn2[C@@H]2C[C@H]3CO[C@@H](CCO)CN3C2)n1. The Morgan fingerprint density at radius 2 is 2.21 bits per heavy atom. The highest BCUT2D eigenvalue weighted by atomic mass is 16.5. The topological polar surface area (TPSA) is 63.4 Å². The molecule has 2 aromatic heterocycles. The van der Waals surface area contributed by atoms with Crippen molar-refractivity contribution in [3.63, 3.8) is 0 Å². The van der Waals surface area contributed by atoms with Crippen LogP contribution in [0.25, 0.3) is 11.5 Å². The van der Waals surface area contributed by atoms with Crippen molar-refractivity contribution in [2.24, 2.45) is 0 Å². The molecule has 6 nitrogen and oxygen atoms in total. The summed E-state index contributed by atoms with van der Waals surface area (Å²) in [6.45, 7) is 4.87. The predicted octanol–water partition coefficient (Wildman–Crippen LogP) is 1.65. The molecular weight excluding hydrogens is 304 g/mol. The smallest absolute Gasteiger partial charge is 0.158 e. The van der Waals surface area contributed by atoms with Crippen molar-refractivity contribution in [1.29, 1.82) is 0 Å². The Labute approximate surface area is 142 Å². The number of rotatable bonds is 4. The van der Waals surface area contributed by atoms with Crippen molar-refractivity contribution in [1.82, 2.24) is 19.4 Å². The monoisotopic (exact) mass is 328 g/mol. The molecule has 0 unspecified atom stereocenters. The number of nitrogens with zero attached hydrogens (tertiary/aromatic N) is 4. The fourth-order valence-electron chi connectivity index (χ4n) is 3.91. The highest BCUT2D eigenvalue weighted by Crippen LogP contribution is 2.33. The van der Waals surface area contributed by atoms with Gasteiger partial charge < -0.3 is 14.4 Å². The van der Waals surface area contributed by atoms with Crippen molar-refractivity contribution in [3.8, 4) is 11.5 Å². The van der Waals surface area contributed by atoms with Crippen LogP contribution in [0.1, 0.15) is 24.6 Å². The van der Waals surface area contributed by atoms with Crippen LogP contribution in [0, 0.1) is 6.92 Å². The van der Waals surface area contributed by atoms with E-state index in [1.807, 2.05) is 31.3 Å². The van der Waals surface area contributed by atoms with Gasteiger partial charge in [0.25, 0.3) is 0 Å². The van der Waals surface area contributed by atoms with Crippen LogP contribution in [0.15, 0.2) is 30.6 Å². The molecule has 4 heterocycles. The molecule has 0 radical (unpaired) electrons. The van der Waals surface area contributed by atoms with Gasteiger partial charge in [-0.05, 0) is 31.9 Å². The fraction of sp³-hybridized carbons (Fsp3) is 0.556. The summed E-state index contributed by atoms with van der Waals surface area (Å²) in [5, 5.41) is 9.13. The molecule has 0 aliphatic carbocycles. The first-order valence-corrected chi connectivity index (χ1v) is 8.68. The summed E-state index contributed by atoms with van der Waals surface area (Å²) >= 11 is 0. The van der Waals surface area contributed by atoms with Gasteiger partial charge >= 0.3 is 0 Å². The average molecular weight is 328 g/mol. The normalized spacial score (nSPS) is 27.3. The lowest BCUT2D eigenvalue weighted by Crippen LogP contribution is -2.46. The molecule has 0 bridgehead atoms. The Morgan fingerprint density at radius 3 is 3.04 bits per heavy atom. The molecule has 24 heavy (non-hydrogen) atoms. The number of aromatic nitrogens is 3. The van der Waals surface area contributed by atoms with Gasteiger partial charge in [0.1, 0.15) is 5.69 Å². The van der Waals surface area contributed by atoms with E-state index in [0.29, 0.717) is 12.1 Å². The number of imidazole rings is 1. The summed E-state index contributed by atoms with van der Waals surface area (Å²) in [5.41, 5.74) is 1.94. The van der Waals surface area contributed by atoms with Crippen LogP contribution in [0.2, 0.25) is 0 Å². The van der Waals surface area contributed by atoms with Gasteiger partial charge in [-0.3, -0.25) is 4.90 Å². The van der Waals surface area contributed by atoms with Gasteiger partial charge in [-0.25, -0.2) is 9.97 Å². The van der Waals surface area contributed by atoms with E-state index >= 15 is 0 Å². The van der Waals surface area contributed by atoms with Gasteiger partial charge in [-0.15, -0.1) is 0 Å². The predicted molar refractivity (Wildman–Crippen MR) is 90.7 cm³/mol. The molecule has 2 aliphatic heterocycles. The van der Waals surface area contributed by atoms with E-state index < -0.39 is 0 Å². The maximum atomic E-state index is 9.13. The zero-order valence-electron chi connectivity index (χ0n) is 14.0. The van der Waals surface area contributed by atoms with E-state index in [9.17, 15) is 0 Å². The summed E-state index contributed by atoms with van der Waals surface area (Å²) in [5.74, 6) is 0.941. The molecule has 3 atom stereocenters. The molecule has 2 aliphatic rings. The van der Waals surface area contributed by atoms with Crippen molar-refractivity contribution in [3.05, 3.63) is 36.3 Å². The van der Waals surface area contributed by atoms with Crippen molar-refractivity contribution >= 4 is 0 Å². The first-order valence-electron chi connectivity index (χ1n) is 8.68. The average Bonchev–Trinajstić information content (AvgIpc) is 3.21. The maximum absolute atomic E-state index is 9.13. The highest BCUT2D eigenvalue weighted by molar-refractivity contribution is 5.50. The Kier molecular flexibility index (Phi) is 4.35. The van der Waals surface area contributed by atoms with Crippen molar-refractivity contribution < 1.29 is 9.84 Å². The van der Waals surface area contributed by atoms with E-state index in [1.165, 1.54) is 0 Å². The Balaban J connectivity index is 1.53. The van der Waals surface area contributed by atoms with E-state index in [0.717, 1.165) is 49.8 Å². The molecular formula is C18H24N4O2. The number of fused-ring (bicyclic) bond motifs is 1. The molecule has 2 aromatic rings. The van der Waals surface area contributed by atoms with E-state index in [2.05, 4.69) is 25.6 Å². The zero-order chi connectivity index (χ0) is 16.5. The quantitative estimate of drug-likeness (QED) is 0.925. The lowest BCUT2D eigenvalue weighted by atomic mass is 10.1. The van der Waals surface area contributed by atoms with E-state index in [-0.39, 0.29) is 12.7 Å². The first-order chi connectivity index (χ1) is 11.7. The van der Waals surface area contributed by atoms with Crippen molar-refractivity contribution in [2.75, 3.05) is 26.3 Å². The summed E-state index contributed by atoms with van der Waals surface area (Å²) in [4.78, 5) is 11.7. The summed E-state index contributed by atoms with van der Waals surface area (Å²) in [6.07, 6.45) is 5.88. The zero-order valence-corrected chi connectivity index (χ0v) is 14.0. The third-order valence-corrected chi connectivity index (χ3v) is 5.10. The van der Waals surface area contributed by atoms with Gasteiger partial charge in [-0.1, -0.05) is 6.07 Å². The molecule has 1 N–H and O–H groups in total. The molecule has 0 aromatic carbocycles. The van der Waals surface area contributed by atoms with Crippen LogP contribution in [0.4, 0.5) is 0 Å². The number of aliphatic hydroxyl groups is 1. The number of hydrogen-bond acceptors (Lipinski definition) is 5. The number of aryl methyl sites for hydroxylation is 1. The largest absolute Gasteiger partial charge is 0.396 e. The second-order valence-electron chi connectivity index (χ2n) is 6.79. The van der Waals surface area contributed by atoms with Crippen LogP contribution in [-0.4, -0.2) is 63.0 Å². The minimum absolute atomic E-state index is 0.158. The van der Waals surface area contributed by atoms with Crippen LogP contribution >= 0.6 is 0 Å².